The number of rotatable bonds is 5. The van der Waals surface area contributed by atoms with Gasteiger partial charge in [-0.05, 0) is 18.2 Å². The molecule has 2 rings (SSSR count). The molecule has 0 aliphatic heterocycles. The maximum absolute atomic E-state index is 10.9. The first-order valence-electron chi connectivity index (χ1n) is 5.24. The molecule has 0 radical (unpaired) electrons. The molecule has 0 atom stereocenters. The second kappa shape index (κ2) is 5.50. The van der Waals surface area contributed by atoms with Gasteiger partial charge >= 0.3 is 5.97 Å². The fourth-order valence-corrected chi connectivity index (χ4v) is 2.05. The summed E-state index contributed by atoms with van der Waals surface area (Å²) in [5.41, 5.74) is 0.866. The van der Waals surface area contributed by atoms with Gasteiger partial charge in [0.15, 0.2) is 0 Å². The number of aromatic carboxylic acids is 1. The number of nitrogens with zero attached hydrogens (tertiary/aromatic N) is 1. The van der Waals surface area contributed by atoms with Crippen LogP contribution in [0.5, 0.6) is 5.75 Å². The first kappa shape index (κ1) is 12.4. The average Bonchev–Trinajstić information content (AvgIpc) is 2.89. The largest absolute Gasteiger partial charge is 0.495 e. The number of carbonyl (C=O) groups is 1. The predicted octanol–water partition coefficient (Wildman–Crippen LogP) is 2.46. The van der Waals surface area contributed by atoms with Crippen LogP contribution < -0.4 is 10.1 Å². The quantitative estimate of drug-likeness (QED) is 0.868. The van der Waals surface area contributed by atoms with Crippen LogP contribution >= 0.6 is 11.3 Å². The zero-order chi connectivity index (χ0) is 13.0. The Hall–Kier alpha value is -2.08. The highest BCUT2D eigenvalue weighted by molar-refractivity contribution is 7.09. The van der Waals surface area contributed by atoms with Gasteiger partial charge in [0.2, 0.25) is 0 Å². The van der Waals surface area contributed by atoms with E-state index in [0.29, 0.717) is 18.0 Å². The van der Waals surface area contributed by atoms with Gasteiger partial charge in [-0.1, -0.05) is 0 Å². The molecule has 1 heterocycles. The molecular formula is C12H12N2O3S. The molecule has 0 aliphatic rings. The van der Waals surface area contributed by atoms with Crippen LogP contribution in [0.4, 0.5) is 5.69 Å². The van der Waals surface area contributed by atoms with Crippen molar-refractivity contribution < 1.29 is 14.6 Å². The third-order valence-corrected chi connectivity index (χ3v) is 3.14. The SMILES string of the molecule is COc1ccc(C(=O)O)cc1NCc1nccs1. The molecule has 0 bridgehead atoms. The minimum atomic E-state index is -0.963. The Kier molecular flexibility index (Phi) is 3.78. The molecule has 0 aliphatic carbocycles. The fourth-order valence-electron chi connectivity index (χ4n) is 1.49. The Balaban J connectivity index is 2.18. The van der Waals surface area contributed by atoms with E-state index in [9.17, 15) is 4.79 Å². The number of thiazole rings is 1. The number of anilines is 1. The van der Waals surface area contributed by atoms with Gasteiger partial charge in [-0.25, -0.2) is 9.78 Å². The van der Waals surface area contributed by atoms with Crippen molar-refractivity contribution in [1.82, 2.24) is 4.98 Å². The summed E-state index contributed by atoms with van der Waals surface area (Å²) >= 11 is 1.54. The van der Waals surface area contributed by atoms with Crippen LogP contribution in [0.3, 0.4) is 0 Å². The van der Waals surface area contributed by atoms with E-state index in [1.807, 2.05) is 5.38 Å². The summed E-state index contributed by atoms with van der Waals surface area (Å²) in [6, 6.07) is 4.69. The first-order valence-corrected chi connectivity index (χ1v) is 6.12. The zero-order valence-corrected chi connectivity index (χ0v) is 10.5. The Morgan fingerprint density at radius 3 is 3.00 bits per heavy atom. The van der Waals surface area contributed by atoms with Crippen molar-refractivity contribution in [3.8, 4) is 5.75 Å². The monoisotopic (exact) mass is 264 g/mol. The van der Waals surface area contributed by atoms with Gasteiger partial charge in [0.1, 0.15) is 10.8 Å². The van der Waals surface area contributed by atoms with Gasteiger partial charge < -0.3 is 15.2 Å². The van der Waals surface area contributed by atoms with Crippen LogP contribution in [0.25, 0.3) is 0 Å². The van der Waals surface area contributed by atoms with E-state index >= 15 is 0 Å². The Labute approximate surface area is 108 Å². The highest BCUT2D eigenvalue weighted by Gasteiger charge is 2.09. The molecule has 94 valence electrons. The van der Waals surface area contributed by atoms with Gasteiger partial charge in [-0.2, -0.15) is 0 Å². The van der Waals surface area contributed by atoms with E-state index in [-0.39, 0.29) is 5.56 Å². The molecular weight excluding hydrogens is 252 g/mol. The van der Waals surface area contributed by atoms with E-state index in [0.717, 1.165) is 5.01 Å². The van der Waals surface area contributed by atoms with Crippen molar-refractivity contribution in [2.24, 2.45) is 0 Å². The van der Waals surface area contributed by atoms with Crippen LogP contribution in [0, 0.1) is 0 Å². The summed E-state index contributed by atoms with van der Waals surface area (Å²) in [5, 5.41) is 14.9. The number of carboxylic acid groups (broad SMARTS) is 1. The molecule has 0 unspecified atom stereocenters. The Morgan fingerprint density at radius 1 is 1.56 bits per heavy atom. The number of aromatic nitrogens is 1. The Morgan fingerprint density at radius 2 is 2.39 bits per heavy atom. The minimum Gasteiger partial charge on any atom is -0.495 e. The summed E-state index contributed by atoms with van der Waals surface area (Å²) in [4.78, 5) is 15.1. The van der Waals surface area contributed by atoms with Gasteiger partial charge in [0.05, 0.1) is 24.9 Å². The van der Waals surface area contributed by atoms with E-state index in [2.05, 4.69) is 10.3 Å². The topological polar surface area (TPSA) is 71.5 Å². The molecule has 0 amide bonds. The standard InChI is InChI=1S/C12H12N2O3S/c1-17-10-3-2-8(12(15)16)6-9(10)14-7-11-13-4-5-18-11/h2-6,14H,7H2,1H3,(H,15,16). The normalized spacial score (nSPS) is 10.1. The second-order valence-electron chi connectivity index (χ2n) is 3.50. The number of nitrogens with one attached hydrogen (secondary N) is 1. The summed E-state index contributed by atoms with van der Waals surface area (Å²) in [6.45, 7) is 0.539. The van der Waals surface area contributed by atoms with Crippen LogP contribution in [-0.4, -0.2) is 23.2 Å². The van der Waals surface area contributed by atoms with Gasteiger partial charge in [0.25, 0.3) is 0 Å². The van der Waals surface area contributed by atoms with Crippen molar-refractivity contribution >= 4 is 23.0 Å². The van der Waals surface area contributed by atoms with Crippen LogP contribution in [0.1, 0.15) is 15.4 Å². The lowest BCUT2D eigenvalue weighted by Gasteiger charge is -2.10. The van der Waals surface area contributed by atoms with Crippen LogP contribution in [-0.2, 0) is 6.54 Å². The number of ether oxygens (including phenoxy) is 1. The summed E-state index contributed by atoms with van der Waals surface area (Å²) < 4.78 is 5.18. The lowest BCUT2D eigenvalue weighted by Crippen LogP contribution is -2.03. The highest BCUT2D eigenvalue weighted by Crippen LogP contribution is 2.26. The molecule has 0 spiro atoms. The second-order valence-corrected chi connectivity index (χ2v) is 4.48. The van der Waals surface area contributed by atoms with Gasteiger partial charge in [-0.3, -0.25) is 0 Å². The van der Waals surface area contributed by atoms with Crippen LogP contribution in [0.2, 0.25) is 0 Å². The number of hydrogen-bond donors (Lipinski definition) is 2. The van der Waals surface area contributed by atoms with Gasteiger partial charge in [0, 0.05) is 11.6 Å². The van der Waals surface area contributed by atoms with Gasteiger partial charge in [-0.15, -0.1) is 11.3 Å². The first-order chi connectivity index (χ1) is 8.70. The number of hydrogen-bond acceptors (Lipinski definition) is 5. The van der Waals surface area contributed by atoms with Crippen molar-refractivity contribution in [2.75, 3.05) is 12.4 Å². The van der Waals surface area contributed by atoms with Crippen molar-refractivity contribution in [2.45, 2.75) is 6.54 Å². The fraction of sp³-hybridized carbons (Fsp3) is 0.167. The van der Waals surface area contributed by atoms with E-state index in [1.165, 1.54) is 17.4 Å². The third-order valence-electron chi connectivity index (χ3n) is 2.36. The van der Waals surface area contributed by atoms with Crippen molar-refractivity contribution in [1.29, 1.82) is 0 Å². The average molecular weight is 264 g/mol. The zero-order valence-electron chi connectivity index (χ0n) is 9.71. The Bertz CT molecular complexity index is 540. The molecule has 0 saturated heterocycles. The van der Waals surface area contributed by atoms with E-state index in [1.54, 1.807) is 25.4 Å². The molecule has 0 saturated carbocycles. The summed E-state index contributed by atoms with van der Waals surface area (Å²) in [6.07, 6.45) is 1.73. The molecule has 6 heteroatoms. The number of methoxy groups -OCH3 is 1. The van der Waals surface area contributed by atoms with E-state index in [4.69, 9.17) is 9.84 Å². The van der Waals surface area contributed by atoms with Crippen molar-refractivity contribution in [3.05, 3.63) is 40.3 Å². The smallest absolute Gasteiger partial charge is 0.335 e. The third kappa shape index (κ3) is 2.78. The molecule has 2 N–H and O–H groups in total. The maximum Gasteiger partial charge on any atom is 0.335 e. The van der Waals surface area contributed by atoms with Crippen LogP contribution in [0.15, 0.2) is 29.8 Å². The molecule has 18 heavy (non-hydrogen) atoms. The molecule has 1 aromatic heterocycles. The lowest BCUT2D eigenvalue weighted by atomic mass is 10.2. The molecule has 1 aromatic carbocycles. The summed E-state index contributed by atoms with van der Waals surface area (Å²) in [7, 11) is 1.55. The number of carboxylic acids is 1. The molecule has 0 fully saturated rings. The van der Waals surface area contributed by atoms with Crippen molar-refractivity contribution in [3.63, 3.8) is 0 Å². The maximum atomic E-state index is 10.9. The molecule has 5 nitrogen and oxygen atoms in total. The minimum absolute atomic E-state index is 0.220. The number of benzene rings is 1. The molecule has 2 aromatic rings. The predicted molar refractivity (Wildman–Crippen MR) is 69.4 cm³/mol. The van der Waals surface area contributed by atoms with E-state index < -0.39 is 5.97 Å². The highest BCUT2D eigenvalue weighted by atomic mass is 32.1. The summed E-state index contributed by atoms with van der Waals surface area (Å²) in [5.74, 6) is -0.355. The lowest BCUT2D eigenvalue weighted by molar-refractivity contribution is 0.0697.